The summed E-state index contributed by atoms with van der Waals surface area (Å²) in [7, 11) is 3.00. The van der Waals surface area contributed by atoms with Crippen LogP contribution in [0.15, 0.2) is 23.0 Å². The van der Waals surface area contributed by atoms with Crippen molar-refractivity contribution in [1.82, 2.24) is 9.97 Å². The lowest BCUT2D eigenvalue weighted by Gasteiger charge is -2.13. The molecule has 0 saturated carbocycles. The zero-order valence-electron chi connectivity index (χ0n) is 15.7. The first-order chi connectivity index (χ1) is 12.8. The summed E-state index contributed by atoms with van der Waals surface area (Å²) in [4.78, 5) is 33.8. The van der Waals surface area contributed by atoms with Gasteiger partial charge >= 0.3 is 5.97 Å². The van der Waals surface area contributed by atoms with Crippen molar-refractivity contribution in [3.8, 4) is 11.5 Å². The summed E-state index contributed by atoms with van der Waals surface area (Å²) in [5, 5.41) is 0.581. The Balaban J connectivity index is 1.89. The van der Waals surface area contributed by atoms with Gasteiger partial charge in [0.2, 0.25) is 0 Å². The number of rotatable bonds is 5. The second-order valence-electron chi connectivity index (χ2n) is 6.06. The van der Waals surface area contributed by atoms with Crippen LogP contribution in [0, 0.1) is 13.8 Å². The monoisotopic (exact) mass is 388 g/mol. The molecular formula is C19H20N2O5S. The predicted molar refractivity (Wildman–Crippen MR) is 103 cm³/mol. The Morgan fingerprint density at radius 1 is 1.15 bits per heavy atom. The van der Waals surface area contributed by atoms with Crippen LogP contribution in [0.3, 0.4) is 0 Å². The molecule has 142 valence electrons. The number of aromatic amines is 1. The number of nitrogens with one attached hydrogen (secondary N) is 1. The van der Waals surface area contributed by atoms with Crippen molar-refractivity contribution in [2.45, 2.75) is 26.9 Å². The highest BCUT2D eigenvalue weighted by Crippen LogP contribution is 2.28. The summed E-state index contributed by atoms with van der Waals surface area (Å²) in [5.74, 6) is 0.691. The van der Waals surface area contributed by atoms with E-state index in [2.05, 4.69) is 9.97 Å². The van der Waals surface area contributed by atoms with Gasteiger partial charge in [0.1, 0.15) is 16.3 Å². The number of methoxy groups -OCH3 is 2. The van der Waals surface area contributed by atoms with E-state index in [1.807, 2.05) is 13.8 Å². The normalized spacial score (nSPS) is 12.0. The second kappa shape index (κ2) is 7.40. The van der Waals surface area contributed by atoms with Gasteiger partial charge in [-0.05, 0) is 38.5 Å². The number of carbonyl (C=O) groups excluding carboxylic acids is 1. The number of carbonyl (C=O) groups is 1. The topological polar surface area (TPSA) is 90.5 Å². The Kier molecular flexibility index (Phi) is 5.18. The van der Waals surface area contributed by atoms with Gasteiger partial charge < -0.3 is 19.2 Å². The highest BCUT2D eigenvalue weighted by Gasteiger charge is 2.20. The van der Waals surface area contributed by atoms with Gasteiger partial charge in [0, 0.05) is 10.9 Å². The molecule has 2 heterocycles. The van der Waals surface area contributed by atoms with Crippen LogP contribution in [-0.4, -0.2) is 30.2 Å². The first kappa shape index (κ1) is 18.9. The standard InChI is InChI=1S/C19H20N2O5S/c1-9-11(3)27-18-15(9)17(22)20-16(21-18)10(2)26-19(23)12-6-13(24-4)8-14(7-12)25-5/h6-8,10H,1-5H3,(H,20,21,22)/t10-/m1/s1. The minimum absolute atomic E-state index is 0.234. The molecule has 1 N–H and O–H groups in total. The van der Waals surface area contributed by atoms with Gasteiger partial charge in [0.25, 0.3) is 5.56 Å². The number of esters is 1. The van der Waals surface area contributed by atoms with Crippen LogP contribution in [0.25, 0.3) is 10.2 Å². The van der Waals surface area contributed by atoms with E-state index in [4.69, 9.17) is 14.2 Å². The van der Waals surface area contributed by atoms with Crippen LogP contribution in [0.2, 0.25) is 0 Å². The highest BCUT2D eigenvalue weighted by atomic mass is 32.1. The summed E-state index contributed by atoms with van der Waals surface area (Å²) < 4.78 is 15.8. The number of benzene rings is 1. The molecule has 8 heteroatoms. The van der Waals surface area contributed by atoms with E-state index in [0.29, 0.717) is 27.5 Å². The Bertz CT molecular complexity index is 1050. The van der Waals surface area contributed by atoms with Crippen molar-refractivity contribution < 1.29 is 19.0 Å². The van der Waals surface area contributed by atoms with Crippen LogP contribution >= 0.6 is 11.3 Å². The molecular weight excluding hydrogens is 368 g/mol. The van der Waals surface area contributed by atoms with Gasteiger partial charge in [0.05, 0.1) is 25.2 Å². The van der Waals surface area contributed by atoms with Gasteiger partial charge in [0.15, 0.2) is 11.9 Å². The summed E-state index contributed by atoms with van der Waals surface area (Å²) in [6.07, 6.45) is -0.727. The van der Waals surface area contributed by atoms with Crippen LogP contribution in [-0.2, 0) is 4.74 Å². The maximum atomic E-state index is 12.5. The smallest absolute Gasteiger partial charge is 0.339 e. The van der Waals surface area contributed by atoms with Crippen LogP contribution in [0.4, 0.5) is 0 Å². The van der Waals surface area contributed by atoms with Gasteiger partial charge in [-0.25, -0.2) is 9.78 Å². The minimum atomic E-state index is -0.727. The Morgan fingerprint density at radius 2 is 1.78 bits per heavy atom. The lowest BCUT2D eigenvalue weighted by molar-refractivity contribution is 0.0319. The van der Waals surface area contributed by atoms with Gasteiger partial charge in [-0.1, -0.05) is 0 Å². The number of fused-ring (bicyclic) bond motifs is 1. The fourth-order valence-corrected chi connectivity index (χ4v) is 3.71. The Labute approximate surface area is 159 Å². The number of H-pyrrole nitrogens is 1. The lowest BCUT2D eigenvalue weighted by atomic mass is 10.2. The van der Waals surface area contributed by atoms with E-state index in [-0.39, 0.29) is 11.1 Å². The average molecular weight is 388 g/mol. The first-order valence-electron chi connectivity index (χ1n) is 8.28. The number of aromatic nitrogens is 2. The minimum Gasteiger partial charge on any atom is -0.497 e. The number of hydrogen-bond donors (Lipinski definition) is 1. The molecule has 0 bridgehead atoms. The molecule has 1 atom stereocenters. The van der Waals surface area contributed by atoms with E-state index >= 15 is 0 Å². The summed E-state index contributed by atoms with van der Waals surface area (Å²) in [6.45, 7) is 5.50. The number of hydrogen-bond acceptors (Lipinski definition) is 7. The zero-order chi connectivity index (χ0) is 19.7. The van der Waals surface area contributed by atoms with Crippen molar-refractivity contribution in [1.29, 1.82) is 0 Å². The molecule has 0 saturated heterocycles. The van der Waals surface area contributed by atoms with Gasteiger partial charge in [-0.3, -0.25) is 4.79 Å². The molecule has 0 radical (unpaired) electrons. The quantitative estimate of drug-likeness (QED) is 0.673. The van der Waals surface area contributed by atoms with E-state index in [0.717, 1.165) is 10.4 Å². The van der Waals surface area contributed by atoms with Crippen molar-refractivity contribution in [2.24, 2.45) is 0 Å². The van der Waals surface area contributed by atoms with Gasteiger partial charge in [-0.15, -0.1) is 11.3 Å². The molecule has 2 aromatic heterocycles. The fraction of sp³-hybridized carbons (Fsp3) is 0.316. The largest absolute Gasteiger partial charge is 0.497 e. The molecule has 0 aliphatic rings. The molecule has 3 aromatic rings. The third-order valence-corrected chi connectivity index (χ3v) is 5.41. The summed E-state index contributed by atoms with van der Waals surface area (Å²) >= 11 is 1.44. The third-order valence-electron chi connectivity index (χ3n) is 4.31. The Hall–Kier alpha value is -2.87. The third kappa shape index (κ3) is 3.66. The molecule has 0 spiro atoms. The molecule has 7 nitrogen and oxygen atoms in total. The van der Waals surface area contributed by atoms with Crippen molar-refractivity contribution in [2.75, 3.05) is 14.2 Å². The maximum Gasteiger partial charge on any atom is 0.339 e. The van der Waals surface area contributed by atoms with Crippen LogP contribution in [0.1, 0.15) is 39.7 Å². The second-order valence-corrected chi connectivity index (χ2v) is 7.27. The molecule has 3 rings (SSSR count). The molecule has 0 aliphatic heterocycles. The van der Waals surface area contributed by atoms with Crippen LogP contribution < -0.4 is 15.0 Å². The van der Waals surface area contributed by atoms with Crippen molar-refractivity contribution >= 4 is 27.5 Å². The molecule has 0 fully saturated rings. The van der Waals surface area contributed by atoms with E-state index < -0.39 is 12.1 Å². The number of aryl methyl sites for hydroxylation is 2. The lowest BCUT2D eigenvalue weighted by Crippen LogP contribution is -2.17. The summed E-state index contributed by atoms with van der Waals surface area (Å²) in [6, 6.07) is 4.78. The SMILES string of the molecule is COc1cc(OC)cc(C(=O)O[C@H](C)c2nc3sc(C)c(C)c3c(=O)[nH]2)c1. The fourth-order valence-electron chi connectivity index (χ4n) is 2.67. The highest BCUT2D eigenvalue weighted by molar-refractivity contribution is 7.18. The Morgan fingerprint density at radius 3 is 2.37 bits per heavy atom. The number of nitrogens with zero attached hydrogens (tertiary/aromatic N) is 1. The van der Waals surface area contributed by atoms with E-state index in [1.54, 1.807) is 25.1 Å². The molecule has 1 aromatic carbocycles. The summed E-state index contributed by atoms with van der Waals surface area (Å²) in [5.41, 5.74) is 0.968. The predicted octanol–water partition coefficient (Wildman–Crippen LogP) is 3.54. The number of ether oxygens (including phenoxy) is 3. The molecule has 27 heavy (non-hydrogen) atoms. The molecule has 0 unspecified atom stereocenters. The first-order valence-corrected chi connectivity index (χ1v) is 9.09. The van der Waals surface area contributed by atoms with Crippen molar-refractivity contribution in [3.05, 3.63) is 50.4 Å². The zero-order valence-corrected chi connectivity index (χ0v) is 16.5. The number of thiophene rings is 1. The van der Waals surface area contributed by atoms with Crippen molar-refractivity contribution in [3.63, 3.8) is 0 Å². The van der Waals surface area contributed by atoms with E-state index in [9.17, 15) is 9.59 Å². The van der Waals surface area contributed by atoms with Crippen LogP contribution in [0.5, 0.6) is 11.5 Å². The maximum absolute atomic E-state index is 12.5. The van der Waals surface area contributed by atoms with Gasteiger partial charge in [-0.2, -0.15) is 0 Å². The average Bonchev–Trinajstić information content (AvgIpc) is 2.95. The molecule has 0 amide bonds. The van der Waals surface area contributed by atoms with E-state index in [1.165, 1.54) is 25.6 Å². The molecule has 0 aliphatic carbocycles.